The average molecular weight is 597 g/mol. The Kier molecular flexibility index (Phi) is 8.40. The molecule has 3 N–H and O–H groups in total. The second kappa shape index (κ2) is 12.5. The molecule has 10 heteroatoms. The van der Waals surface area contributed by atoms with Gasteiger partial charge < -0.3 is 25.4 Å². The SMILES string of the molecule is COc1cc2c(N)nc(-c3nc4ccc(C(=O)Nc5c(C)cccc5C)cc4s3)nc2cc1OCCCN1CCCCC1. The van der Waals surface area contributed by atoms with Gasteiger partial charge >= 0.3 is 0 Å². The van der Waals surface area contributed by atoms with Gasteiger partial charge in [0.25, 0.3) is 5.91 Å². The molecule has 0 spiro atoms. The fraction of sp³-hybridized carbons (Fsp3) is 0.333. The van der Waals surface area contributed by atoms with E-state index in [2.05, 4.69) is 15.2 Å². The molecule has 0 bridgehead atoms. The van der Waals surface area contributed by atoms with Gasteiger partial charge in [0.1, 0.15) is 5.82 Å². The Labute approximate surface area is 255 Å². The van der Waals surface area contributed by atoms with E-state index in [0.29, 0.717) is 51.2 Å². The maximum atomic E-state index is 13.1. The predicted molar refractivity (Wildman–Crippen MR) is 173 cm³/mol. The molecule has 0 unspecified atom stereocenters. The number of para-hydroxylation sites is 1. The van der Waals surface area contributed by atoms with Crippen molar-refractivity contribution in [1.29, 1.82) is 0 Å². The fourth-order valence-corrected chi connectivity index (χ4v) is 6.48. The minimum absolute atomic E-state index is 0.169. The second-order valence-electron chi connectivity index (χ2n) is 11.0. The quantitative estimate of drug-likeness (QED) is 0.182. The van der Waals surface area contributed by atoms with Crippen molar-refractivity contribution in [3.63, 3.8) is 0 Å². The van der Waals surface area contributed by atoms with Gasteiger partial charge in [-0.15, -0.1) is 11.3 Å². The van der Waals surface area contributed by atoms with Crippen molar-refractivity contribution in [2.24, 2.45) is 0 Å². The molecule has 9 nitrogen and oxygen atoms in total. The number of amides is 1. The third kappa shape index (κ3) is 6.25. The molecule has 222 valence electrons. The summed E-state index contributed by atoms with van der Waals surface area (Å²) in [6, 6.07) is 15.1. The molecule has 1 fully saturated rings. The zero-order valence-electron chi connectivity index (χ0n) is 24.8. The molecule has 1 aliphatic rings. The van der Waals surface area contributed by atoms with E-state index < -0.39 is 0 Å². The lowest BCUT2D eigenvalue weighted by Gasteiger charge is -2.26. The molecule has 3 heterocycles. The Morgan fingerprint density at radius 1 is 0.977 bits per heavy atom. The van der Waals surface area contributed by atoms with Gasteiger partial charge in [-0.2, -0.15) is 0 Å². The van der Waals surface area contributed by atoms with Crippen LogP contribution in [0.4, 0.5) is 11.5 Å². The van der Waals surface area contributed by atoms with Crippen LogP contribution >= 0.6 is 11.3 Å². The van der Waals surface area contributed by atoms with E-state index in [9.17, 15) is 4.79 Å². The molecular weight excluding hydrogens is 560 g/mol. The lowest BCUT2D eigenvalue weighted by molar-refractivity contribution is 0.102. The van der Waals surface area contributed by atoms with Crippen LogP contribution in [0.3, 0.4) is 0 Å². The normalized spacial score (nSPS) is 13.8. The number of hydrogen-bond donors (Lipinski definition) is 2. The molecule has 0 aliphatic carbocycles. The summed E-state index contributed by atoms with van der Waals surface area (Å²) in [4.78, 5) is 29.7. The van der Waals surface area contributed by atoms with E-state index in [-0.39, 0.29) is 5.91 Å². The molecule has 1 aliphatic heterocycles. The summed E-state index contributed by atoms with van der Waals surface area (Å²) in [7, 11) is 1.62. The zero-order valence-corrected chi connectivity index (χ0v) is 25.6. The number of nitrogens with two attached hydrogens (primary N) is 1. The Morgan fingerprint density at radius 2 is 1.77 bits per heavy atom. The highest BCUT2D eigenvalue weighted by Crippen LogP contribution is 2.36. The topological polar surface area (TPSA) is 115 Å². The van der Waals surface area contributed by atoms with Crippen molar-refractivity contribution in [1.82, 2.24) is 19.9 Å². The minimum Gasteiger partial charge on any atom is -0.493 e. The second-order valence-corrected chi connectivity index (χ2v) is 12.0. The number of nitrogens with zero attached hydrogens (tertiary/aromatic N) is 4. The van der Waals surface area contributed by atoms with Gasteiger partial charge in [0.2, 0.25) is 0 Å². The summed E-state index contributed by atoms with van der Waals surface area (Å²) in [5.41, 5.74) is 11.2. The van der Waals surface area contributed by atoms with Gasteiger partial charge in [0.15, 0.2) is 22.3 Å². The van der Waals surface area contributed by atoms with Crippen LogP contribution in [0.15, 0.2) is 48.5 Å². The van der Waals surface area contributed by atoms with Crippen LogP contribution in [0.25, 0.3) is 32.0 Å². The number of benzene rings is 3. The summed E-state index contributed by atoms with van der Waals surface area (Å²) in [5.74, 6) is 1.82. The number of ether oxygens (including phenoxy) is 2. The lowest BCUT2D eigenvalue weighted by Crippen LogP contribution is -2.31. The Balaban J connectivity index is 1.23. The van der Waals surface area contributed by atoms with E-state index in [1.807, 2.05) is 56.3 Å². The molecule has 0 saturated carbocycles. The van der Waals surface area contributed by atoms with Gasteiger partial charge in [-0.3, -0.25) is 4.79 Å². The molecule has 3 aromatic carbocycles. The van der Waals surface area contributed by atoms with E-state index in [0.717, 1.165) is 40.0 Å². The smallest absolute Gasteiger partial charge is 0.255 e. The first kappa shape index (κ1) is 28.8. The summed E-state index contributed by atoms with van der Waals surface area (Å²) in [6.07, 6.45) is 4.83. The summed E-state index contributed by atoms with van der Waals surface area (Å²) < 4.78 is 12.6. The number of thiazole rings is 1. The number of piperidine rings is 1. The first-order chi connectivity index (χ1) is 20.9. The van der Waals surface area contributed by atoms with Crippen molar-refractivity contribution in [3.8, 4) is 22.3 Å². The van der Waals surface area contributed by atoms with Gasteiger partial charge in [-0.05, 0) is 81.6 Å². The third-order valence-electron chi connectivity index (χ3n) is 7.90. The molecule has 2 aromatic heterocycles. The number of carbonyl (C=O) groups excluding carboxylic acids is 1. The minimum atomic E-state index is -0.169. The number of aryl methyl sites for hydroxylation is 2. The Bertz CT molecular complexity index is 1780. The fourth-order valence-electron chi connectivity index (χ4n) is 5.54. The Morgan fingerprint density at radius 3 is 2.53 bits per heavy atom. The molecule has 0 atom stereocenters. The van der Waals surface area contributed by atoms with Crippen LogP contribution in [0.5, 0.6) is 11.5 Å². The van der Waals surface area contributed by atoms with Crippen molar-refractivity contribution >= 4 is 49.9 Å². The lowest BCUT2D eigenvalue weighted by atomic mass is 10.1. The highest BCUT2D eigenvalue weighted by molar-refractivity contribution is 7.21. The average Bonchev–Trinajstić information content (AvgIpc) is 3.45. The van der Waals surface area contributed by atoms with Gasteiger partial charge in [-0.1, -0.05) is 24.6 Å². The monoisotopic (exact) mass is 596 g/mol. The molecule has 1 saturated heterocycles. The number of nitrogen functional groups attached to an aromatic ring is 1. The number of hydrogen-bond acceptors (Lipinski definition) is 9. The number of likely N-dealkylation sites (tertiary alicyclic amines) is 1. The number of carbonyl (C=O) groups is 1. The number of fused-ring (bicyclic) bond motifs is 2. The highest BCUT2D eigenvalue weighted by Gasteiger charge is 2.18. The van der Waals surface area contributed by atoms with E-state index in [4.69, 9.17) is 25.2 Å². The van der Waals surface area contributed by atoms with E-state index in [1.54, 1.807) is 13.2 Å². The van der Waals surface area contributed by atoms with Crippen molar-refractivity contribution in [2.45, 2.75) is 39.5 Å². The number of anilines is 2. The number of rotatable bonds is 9. The van der Waals surface area contributed by atoms with Crippen molar-refractivity contribution < 1.29 is 14.3 Å². The Hall–Kier alpha value is -4.28. The standard InChI is InChI=1S/C33H36N6O3S/c1-20-9-7-10-21(2)29(20)37-32(40)22-11-12-24-28(17-22)43-33(36-24)31-35-25-19-27(26(41-3)18-23(25)30(34)38-31)42-16-8-15-39-13-5-4-6-14-39/h7,9-12,17-19H,4-6,8,13-16H2,1-3H3,(H,37,40)(H2,34,35,38). The maximum Gasteiger partial charge on any atom is 0.255 e. The third-order valence-corrected chi connectivity index (χ3v) is 8.91. The van der Waals surface area contributed by atoms with Crippen molar-refractivity contribution in [2.75, 3.05) is 44.4 Å². The van der Waals surface area contributed by atoms with Crippen LogP contribution in [-0.2, 0) is 0 Å². The molecule has 6 rings (SSSR count). The van der Waals surface area contributed by atoms with Gasteiger partial charge in [0, 0.05) is 29.2 Å². The first-order valence-electron chi connectivity index (χ1n) is 14.7. The van der Waals surface area contributed by atoms with E-state index >= 15 is 0 Å². The molecule has 5 aromatic rings. The molecular formula is C33H36N6O3S. The van der Waals surface area contributed by atoms with Gasteiger partial charge in [-0.25, -0.2) is 15.0 Å². The van der Waals surface area contributed by atoms with Crippen molar-refractivity contribution in [3.05, 3.63) is 65.2 Å². The van der Waals surface area contributed by atoms with Crippen LogP contribution in [0.2, 0.25) is 0 Å². The van der Waals surface area contributed by atoms with Crippen LogP contribution in [0, 0.1) is 13.8 Å². The van der Waals surface area contributed by atoms with Crippen LogP contribution in [0.1, 0.15) is 47.2 Å². The first-order valence-corrected chi connectivity index (χ1v) is 15.5. The van der Waals surface area contributed by atoms with Crippen LogP contribution in [-0.4, -0.2) is 59.1 Å². The predicted octanol–water partition coefficient (Wildman–Crippen LogP) is 6.62. The number of methoxy groups -OCH3 is 1. The summed E-state index contributed by atoms with van der Waals surface area (Å²) in [5, 5.41) is 4.36. The number of nitrogens with one attached hydrogen (secondary N) is 1. The maximum absolute atomic E-state index is 13.1. The zero-order chi connectivity index (χ0) is 29.9. The highest BCUT2D eigenvalue weighted by atomic mass is 32.1. The summed E-state index contributed by atoms with van der Waals surface area (Å²) in [6.45, 7) is 7.93. The number of aromatic nitrogens is 3. The summed E-state index contributed by atoms with van der Waals surface area (Å²) >= 11 is 1.42. The molecule has 1 amide bonds. The molecule has 43 heavy (non-hydrogen) atoms. The van der Waals surface area contributed by atoms with E-state index in [1.165, 1.54) is 43.7 Å². The van der Waals surface area contributed by atoms with Crippen LogP contribution < -0.4 is 20.5 Å². The molecule has 0 radical (unpaired) electrons. The largest absolute Gasteiger partial charge is 0.493 e. The van der Waals surface area contributed by atoms with Gasteiger partial charge in [0.05, 0.1) is 29.5 Å².